The number of rotatable bonds is 6. The maximum atomic E-state index is 11.5. The van der Waals surface area contributed by atoms with Crippen LogP contribution in [0, 0.1) is 0 Å². The van der Waals surface area contributed by atoms with Crippen LogP contribution in [0.15, 0.2) is 18.3 Å². The van der Waals surface area contributed by atoms with Crippen molar-refractivity contribution in [2.75, 3.05) is 13.2 Å². The van der Waals surface area contributed by atoms with Gasteiger partial charge < -0.3 is 9.30 Å². The number of ether oxygens (including phenoxy) is 1. The van der Waals surface area contributed by atoms with E-state index in [0.29, 0.717) is 12.3 Å². The van der Waals surface area contributed by atoms with Crippen LogP contribution < -0.4 is 0 Å². The standard InChI is InChI=1S/C11H17NO2/c1-3-4-8-14-9-11(13)10-6-5-7-12(10)2/h5-7H,3-4,8-9H2,1-2H3. The Balaban J connectivity index is 2.32. The van der Waals surface area contributed by atoms with Crippen molar-refractivity contribution in [3.63, 3.8) is 0 Å². The molecule has 0 atom stereocenters. The average Bonchev–Trinajstić information content (AvgIpc) is 2.59. The second-order valence-electron chi connectivity index (χ2n) is 3.33. The summed E-state index contributed by atoms with van der Waals surface area (Å²) >= 11 is 0. The number of hydrogen-bond acceptors (Lipinski definition) is 2. The third-order valence-corrected chi connectivity index (χ3v) is 2.10. The molecule has 0 saturated heterocycles. The lowest BCUT2D eigenvalue weighted by Gasteiger charge is -2.03. The number of carbonyl (C=O) groups is 1. The topological polar surface area (TPSA) is 31.2 Å². The maximum Gasteiger partial charge on any atom is 0.204 e. The van der Waals surface area contributed by atoms with Gasteiger partial charge in [0.2, 0.25) is 5.78 Å². The van der Waals surface area contributed by atoms with Crippen molar-refractivity contribution in [1.29, 1.82) is 0 Å². The molecule has 0 amide bonds. The number of Topliss-reactive ketones (excluding diaryl/α,β-unsaturated/α-hetero) is 1. The molecule has 78 valence electrons. The summed E-state index contributed by atoms with van der Waals surface area (Å²) in [5.41, 5.74) is 0.710. The summed E-state index contributed by atoms with van der Waals surface area (Å²) < 4.78 is 7.06. The highest BCUT2D eigenvalue weighted by atomic mass is 16.5. The largest absolute Gasteiger partial charge is 0.373 e. The molecule has 0 unspecified atom stereocenters. The highest BCUT2D eigenvalue weighted by Gasteiger charge is 2.08. The molecule has 0 spiro atoms. The van der Waals surface area contributed by atoms with Crippen molar-refractivity contribution < 1.29 is 9.53 Å². The zero-order valence-corrected chi connectivity index (χ0v) is 8.82. The predicted molar refractivity (Wildman–Crippen MR) is 55.5 cm³/mol. The Morgan fingerprint density at radius 2 is 2.36 bits per heavy atom. The summed E-state index contributed by atoms with van der Waals surface area (Å²) in [6.45, 7) is 2.97. The zero-order valence-electron chi connectivity index (χ0n) is 8.82. The summed E-state index contributed by atoms with van der Waals surface area (Å²) in [4.78, 5) is 11.5. The molecule has 0 aliphatic carbocycles. The minimum Gasteiger partial charge on any atom is -0.373 e. The summed E-state index contributed by atoms with van der Waals surface area (Å²) in [6.07, 6.45) is 3.97. The van der Waals surface area contributed by atoms with Crippen LogP contribution in [0.25, 0.3) is 0 Å². The van der Waals surface area contributed by atoms with Gasteiger partial charge in [-0.15, -0.1) is 0 Å². The van der Waals surface area contributed by atoms with Crippen LogP contribution in [0.3, 0.4) is 0 Å². The summed E-state index contributed by atoms with van der Waals surface area (Å²) in [6, 6.07) is 3.67. The number of aromatic nitrogens is 1. The first kappa shape index (κ1) is 11.0. The molecule has 3 heteroatoms. The van der Waals surface area contributed by atoms with Gasteiger partial charge in [-0.05, 0) is 18.6 Å². The first-order valence-electron chi connectivity index (χ1n) is 4.98. The second kappa shape index (κ2) is 5.60. The lowest BCUT2D eigenvalue weighted by molar-refractivity contribution is 0.0746. The quantitative estimate of drug-likeness (QED) is 0.513. The first-order valence-corrected chi connectivity index (χ1v) is 4.98. The Kier molecular flexibility index (Phi) is 4.40. The molecule has 14 heavy (non-hydrogen) atoms. The molecule has 0 aliphatic heterocycles. The molecule has 0 bridgehead atoms. The smallest absolute Gasteiger partial charge is 0.204 e. The van der Waals surface area contributed by atoms with E-state index in [1.165, 1.54) is 0 Å². The monoisotopic (exact) mass is 195 g/mol. The molecule has 1 aromatic rings. The van der Waals surface area contributed by atoms with Crippen LogP contribution in [0.2, 0.25) is 0 Å². The van der Waals surface area contributed by atoms with Crippen LogP contribution in [-0.4, -0.2) is 23.6 Å². The minimum atomic E-state index is 0.0496. The lowest BCUT2D eigenvalue weighted by atomic mass is 10.3. The zero-order chi connectivity index (χ0) is 10.4. The van der Waals surface area contributed by atoms with Gasteiger partial charge in [0.25, 0.3) is 0 Å². The lowest BCUT2D eigenvalue weighted by Crippen LogP contribution is -2.13. The van der Waals surface area contributed by atoms with Gasteiger partial charge in [0, 0.05) is 19.9 Å². The van der Waals surface area contributed by atoms with Gasteiger partial charge in [0.1, 0.15) is 6.61 Å². The summed E-state index contributed by atoms with van der Waals surface area (Å²) in [7, 11) is 1.86. The molecule has 0 saturated carbocycles. The predicted octanol–water partition coefficient (Wildman–Crippen LogP) is 2.02. The van der Waals surface area contributed by atoms with Crippen LogP contribution in [0.4, 0.5) is 0 Å². The molecule has 0 radical (unpaired) electrons. The van der Waals surface area contributed by atoms with Crippen molar-refractivity contribution >= 4 is 5.78 Å². The van der Waals surface area contributed by atoms with Crippen molar-refractivity contribution in [1.82, 2.24) is 4.57 Å². The van der Waals surface area contributed by atoms with E-state index < -0.39 is 0 Å². The van der Waals surface area contributed by atoms with Gasteiger partial charge >= 0.3 is 0 Å². The van der Waals surface area contributed by atoms with Crippen molar-refractivity contribution in [3.05, 3.63) is 24.0 Å². The third kappa shape index (κ3) is 3.00. The normalized spacial score (nSPS) is 10.4. The fourth-order valence-electron chi connectivity index (χ4n) is 1.24. The Morgan fingerprint density at radius 3 is 2.93 bits per heavy atom. The molecule has 3 nitrogen and oxygen atoms in total. The number of carbonyl (C=O) groups excluding carboxylic acids is 1. The van der Waals surface area contributed by atoms with Gasteiger partial charge in [0.15, 0.2) is 0 Å². The van der Waals surface area contributed by atoms with Gasteiger partial charge in [-0.2, -0.15) is 0 Å². The Morgan fingerprint density at radius 1 is 1.57 bits per heavy atom. The number of nitrogens with zero attached hydrogens (tertiary/aromatic N) is 1. The molecule has 1 rings (SSSR count). The van der Waals surface area contributed by atoms with Crippen LogP contribution in [0.5, 0.6) is 0 Å². The number of aryl methyl sites for hydroxylation is 1. The van der Waals surface area contributed by atoms with Gasteiger partial charge in [0.05, 0.1) is 5.69 Å². The van der Waals surface area contributed by atoms with E-state index in [2.05, 4.69) is 6.92 Å². The van der Waals surface area contributed by atoms with Gasteiger partial charge in [-0.3, -0.25) is 4.79 Å². The van der Waals surface area contributed by atoms with E-state index in [9.17, 15) is 4.79 Å². The third-order valence-electron chi connectivity index (χ3n) is 2.10. The van der Waals surface area contributed by atoms with E-state index in [-0.39, 0.29) is 12.4 Å². The minimum absolute atomic E-state index is 0.0496. The van der Waals surface area contributed by atoms with E-state index in [0.717, 1.165) is 12.8 Å². The highest BCUT2D eigenvalue weighted by Crippen LogP contribution is 2.01. The highest BCUT2D eigenvalue weighted by molar-refractivity contribution is 5.95. The number of hydrogen-bond donors (Lipinski definition) is 0. The summed E-state index contributed by atoms with van der Waals surface area (Å²) in [5, 5.41) is 0. The molecular formula is C11H17NO2. The molecule has 0 aromatic carbocycles. The maximum absolute atomic E-state index is 11.5. The Hall–Kier alpha value is -1.09. The van der Waals surface area contributed by atoms with Crippen molar-refractivity contribution in [2.45, 2.75) is 19.8 Å². The van der Waals surface area contributed by atoms with Crippen LogP contribution >= 0.6 is 0 Å². The fraction of sp³-hybridized carbons (Fsp3) is 0.545. The Bertz CT molecular complexity index is 291. The Labute approximate surface area is 84.7 Å². The van der Waals surface area contributed by atoms with Gasteiger partial charge in [-0.1, -0.05) is 13.3 Å². The van der Waals surface area contributed by atoms with Crippen LogP contribution in [-0.2, 0) is 11.8 Å². The van der Waals surface area contributed by atoms with E-state index in [1.54, 1.807) is 0 Å². The number of ketones is 1. The average molecular weight is 195 g/mol. The summed E-state index contributed by atoms with van der Waals surface area (Å²) in [5.74, 6) is 0.0496. The first-order chi connectivity index (χ1) is 6.75. The van der Waals surface area contributed by atoms with Crippen LogP contribution in [0.1, 0.15) is 30.3 Å². The fourth-order valence-corrected chi connectivity index (χ4v) is 1.24. The van der Waals surface area contributed by atoms with E-state index >= 15 is 0 Å². The number of unbranched alkanes of at least 4 members (excludes halogenated alkanes) is 1. The molecule has 0 fully saturated rings. The molecular weight excluding hydrogens is 178 g/mol. The van der Waals surface area contributed by atoms with E-state index in [1.807, 2.05) is 29.9 Å². The van der Waals surface area contributed by atoms with Gasteiger partial charge in [-0.25, -0.2) is 0 Å². The molecule has 0 N–H and O–H groups in total. The van der Waals surface area contributed by atoms with Crippen molar-refractivity contribution in [3.8, 4) is 0 Å². The SMILES string of the molecule is CCCCOCC(=O)c1cccn1C. The second-order valence-corrected chi connectivity index (χ2v) is 3.33. The molecule has 0 aliphatic rings. The van der Waals surface area contributed by atoms with Crippen molar-refractivity contribution in [2.24, 2.45) is 7.05 Å². The molecule has 1 heterocycles. The molecule has 1 aromatic heterocycles. The van der Waals surface area contributed by atoms with E-state index in [4.69, 9.17) is 4.74 Å².